The molecule has 1 aliphatic rings. The van der Waals surface area contributed by atoms with E-state index < -0.39 is 0 Å². The average Bonchev–Trinajstić information content (AvgIpc) is 3.12. The maximum atomic E-state index is 12.9. The lowest BCUT2D eigenvalue weighted by molar-refractivity contribution is 0.468. The van der Waals surface area contributed by atoms with E-state index in [1.807, 2.05) is 30.1 Å². The number of aryl methyl sites for hydroxylation is 1. The van der Waals surface area contributed by atoms with Gasteiger partial charge in [0.15, 0.2) is 5.96 Å². The van der Waals surface area contributed by atoms with Crippen LogP contribution in [0.5, 0.6) is 0 Å². The standard InChI is InChI=1S/C19H27FN6S/c1-21-19(22-9-11-27-18-7-5-15(20)6-8-18)24-16-4-3-10-26(13-16)17-12-23-25(2)14-17/h5-8,12,14,16H,3-4,9-11,13H2,1-2H3,(H2,21,22,24). The first-order valence-electron chi connectivity index (χ1n) is 9.23. The average molecular weight is 391 g/mol. The van der Waals surface area contributed by atoms with E-state index in [9.17, 15) is 4.39 Å². The molecule has 1 saturated heterocycles. The van der Waals surface area contributed by atoms with Crippen LogP contribution < -0.4 is 15.5 Å². The second-order valence-corrected chi connectivity index (χ2v) is 7.77. The zero-order valence-corrected chi connectivity index (χ0v) is 16.7. The number of anilines is 1. The molecule has 1 atom stereocenters. The van der Waals surface area contributed by atoms with Gasteiger partial charge >= 0.3 is 0 Å². The zero-order valence-electron chi connectivity index (χ0n) is 15.9. The van der Waals surface area contributed by atoms with Gasteiger partial charge in [0.2, 0.25) is 0 Å². The lowest BCUT2D eigenvalue weighted by Crippen LogP contribution is -2.51. The molecule has 6 nitrogen and oxygen atoms in total. The third kappa shape index (κ3) is 5.89. The van der Waals surface area contributed by atoms with Crippen molar-refractivity contribution >= 4 is 23.4 Å². The number of aromatic nitrogens is 2. The monoisotopic (exact) mass is 390 g/mol. The van der Waals surface area contributed by atoms with Crippen molar-refractivity contribution < 1.29 is 4.39 Å². The minimum absolute atomic E-state index is 0.199. The molecule has 0 aliphatic carbocycles. The Morgan fingerprint density at radius 3 is 2.89 bits per heavy atom. The Kier molecular flexibility index (Phi) is 6.98. The molecule has 0 spiro atoms. The van der Waals surface area contributed by atoms with E-state index in [1.165, 1.54) is 17.8 Å². The molecule has 2 aromatic rings. The number of nitrogens with zero attached hydrogens (tertiary/aromatic N) is 4. The molecule has 1 aliphatic heterocycles. The van der Waals surface area contributed by atoms with Crippen LogP contribution in [0.4, 0.5) is 10.1 Å². The summed E-state index contributed by atoms with van der Waals surface area (Å²) in [6.07, 6.45) is 6.25. The highest BCUT2D eigenvalue weighted by Gasteiger charge is 2.21. The molecule has 3 rings (SSSR count). The molecule has 2 N–H and O–H groups in total. The van der Waals surface area contributed by atoms with Crippen molar-refractivity contribution in [2.45, 2.75) is 23.8 Å². The Balaban J connectivity index is 1.42. The fourth-order valence-electron chi connectivity index (χ4n) is 3.16. The first kappa shape index (κ1) is 19.5. The van der Waals surface area contributed by atoms with Gasteiger partial charge < -0.3 is 15.5 Å². The summed E-state index contributed by atoms with van der Waals surface area (Å²) in [5.41, 5.74) is 1.17. The number of benzene rings is 1. The van der Waals surface area contributed by atoms with Crippen LogP contribution in [0.25, 0.3) is 0 Å². The van der Waals surface area contributed by atoms with Crippen LogP contribution in [0.3, 0.4) is 0 Å². The van der Waals surface area contributed by atoms with Crippen molar-refractivity contribution in [3.8, 4) is 0 Å². The Morgan fingerprint density at radius 1 is 1.37 bits per heavy atom. The lowest BCUT2D eigenvalue weighted by atomic mass is 10.1. The van der Waals surface area contributed by atoms with Gasteiger partial charge in [-0.2, -0.15) is 5.10 Å². The molecule has 27 heavy (non-hydrogen) atoms. The maximum absolute atomic E-state index is 12.9. The number of rotatable bonds is 6. The molecule has 2 heterocycles. The Labute approximate surface area is 164 Å². The first-order valence-corrected chi connectivity index (χ1v) is 10.2. The molecule has 0 amide bonds. The van der Waals surface area contributed by atoms with Crippen molar-refractivity contribution in [3.63, 3.8) is 0 Å². The molecule has 1 aromatic carbocycles. The number of hydrogen-bond acceptors (Lipinski definition) is 4. The predicted molar refractivity (Wildman–Crippen MR) is 110 cm³/mol. The van der Waals surface area contributed by atoms with Gasteiger partial charge in [0.25, 0.3) is 0 Å². The molecule has 146 valence electrons. The number of thioether (sulfide) groups is 1. The van der Waals surface area contributed by atoms with E-state index in [2.05, 4.69) is 31.8 Å². The van der Waals surface area contributed by atoms with Crippen LogP contribution >= 0.6 is 11.8 Å². The van der Waals surface area contributed by atoms with Gasteiger partial charge in [-0.25, -0.2) is 4.39 Å². The summed E-state index contributed by atoms with van der Waals surface area (Å²) in [6.45, 7) is 2.79. The van der Waals surface area contributed by atoms with Gasteiger partial charge in [-0.15, -0.1) is 11.8 Å². The largest absolute Gasteiger partial charge is 0.367 e. The fourth-order valence-corrected chi connectivity index (χ4v) is 3.93. The van der Waals surface area contributed by atoms with Gasteiger partial charge in [0.1, 0.15) is 5.82 Å². The molecular weight excluding hydrogens is 363 g/mol. The molecule has 1 aromatic heterocycles. The molecule has 1 fully saturated rings. The number of aliphatic imine (C=N–C) groups is 1. The number of guanidine groups is 1. The highest BCUT2D eigenvalue weighted by atomic mass is 32.2. The smallest absolute Gasteiger partial charge is 0.191 e. The summed E-state index contributed by atoms with van der Waals surface area (Å²) in [5, 5.41) is 11.2. The molecule has 0 bridgehead atoms. The van der Waals surface area contributed by atoms with Crippen molar-refractivity contribution in [3.05, 3.63) is 42.5 Å². The van der Waals surface area contributed by atoms with Gasteiger partial charge in [-0.1, -0.05) is 0 Å². The Bertz CT molecular complexity index is 745. The van der Waals surface area contributed by atoms with Crippen LogP contribution in [0, 0.1) is 5.82 Å². The Hall–Kier alpha value is -2.22. The summed E-state index contributed by atoms with van der Waals surface area (Å²) in [6, 6.07) is 6.96. The fraction of sp³-hybridized carbons (Fsp3) is 0.474. The van der Waals surface area contributed by atoms with Crippen LogP contribution in [0.1, 0.15) is 12.8 Å². The third-order valence-electron chi connectivity index (χ3n) is 4.52. The summed E-state index contributed by atoms with van der Waals surface area (Å²) in [4.78, 5) is 7.78. The molecule has 0 radical (unpaired) electrons. The summed E-state index contributed by atoms with van der Waals surface area (Å²) < 4.78 is 14.8. The second kappa shape index (κ2) is 9.64. The van der Waals surface area contributed by atoms with Gasteiger partial charge in [-0.3, -0.25) is 9.67 Å². The maximum Gasteiger partial charge on any atom is 0.191 e. The predicted octanol–water partition coefficient (Wildman–Crippen LogP) is 2.49. The zero-order chi connectivity index (χ0) is 19.1. The summed E-state index contributed by atoms with van der Waals surface area (Å²) in [7, 11) is 3.74. The molecule has 1 unspecified atom stereocenters. The van der Waals surface area contributed by atoms with E-state index in [0.29, 0.717) is 6.04 Å². The summed E-state index contributed by atoms with van der Waals surface area (Å²) in [5.74, 6) is 1.52. The van der Waals surface area contributed by atoms with Crippen molar-refractivity contribution in [1.29, 1.82) is 0 Å². The van der Waals surface area contributed by atoms with E-state index >= 15 is 0 Å². The normalized spacial score (nSPS) is 17.8. The minimum Gasteiger partial charge on any atom is -0.367 e. The third-order valence-corrected chi connectivity index (χ3v) is 5.53. The van der Waals surface area contributed by atoms with Crippen molar-refractivity contribution in [1.82, 2.24) is 20.4 Å². The topological polar surface area (TPSA) is 57.5 Å². The molecule has 8 heteroatoms. The second-order valence-electron chi connectivity index (χ2n) is 6.60. The Morgan fingerprint density at radius 2 is 2.19 bits per heavy atom. The van der Waals surface area contributed by atoms with E-state index in [-0.39, 0.29) is 5.82 Å². The highest BCUT2D eigenvalue weighted by Crippen LogP contribution is 2.19. The van der Waals surface area contributed by atoms with Crippen LogP contribution in [0.2, 0.25) is 0 Å². The minimum atomic E-state index is -0.199. The SMILES string of the molecule is CN=C(NCCSc1ccc(F)cc1)NC1CCCN(c2cnn(C)c2)C1. The quantitative estimate of drug-likeness (QED) is 0.344. The molecular formula is C19H27FN6S. The number of halogens is 1. The molecule has 0 saturated carbocycles. The van der Waals surface area contributed by atoms with Crippen LogP contribution in [-0.4, -0.2) is 54.2 Å². The van der Waals surface area contributed by atoms with E-state index in [0.717, 1.165) is 49.1 Å². The van der Waals surface area contributed by atoms with Crippen LogP contribution in [0.15, 0.2) is 46.5 Å². The van der Waals surface area contributed by atoms with E-state index in [1.54, 1.807) is 18.8 Å². The highest BCUT2D eigenvalue weighted by molar-refractivity contribution is 7.99. The first-order chi connectivity index (χ1) is 13.1. The van der Waals surface area contributed by atoms with Gasteiger partial charge in [-0.05, 0) is 37.1 Å². The summed E-state index contributed by atoms with van der Waals surface area (Å²) >= 11 is 1.70. The van der Waals surface area contributed by atoms with Crippen LogP contribution in [-0.2, 0) is 7.05 Å². The van der Waals surface area contributed by atoms with E-state index in [4.69, 9.17) is 0 Å². The number of piperidine rings is 1. The van der Waals surface area contributed by atoms with Crippen molar-refractivity contribution in [2.24, 2.45) is 12.0 Å². The van der Waals surface area contributed by atoms with Gasteiger partial charge in [0, 0.05) is 56.6 Å². The van der Waals surface area contributed by atoms with Gasteiger partial charge in [0.05, 0.1) is 11.9 Å². The van der Waals surface area contributed by atoms with Crippen molar-refractivity contribution in [2.75, 3.05) is 37.3 Å². The number of hydrogen-bond donors (Lipinski definition) is 2. The number of nitrogens with one attached hydrogen (secondary N) is 2. The lowest BCUT2D eigenvalue weighted by Gasteiger charge is -2.34.